The molecule has 3 rings (SSSR count). The molecule has 1 saturated heterocycles. The van der Waals surface area contributed by atoms with Gasteiger partial charge < -0.3 is 15.4 Å². The first-order valence-corrected chi connectivity index (χ1v) is 7.16. The minimum Gasteiger partial charge on any atom is -0.378 e. The van der Waals surface area contributed by atoms with Gasteiger partial charge in [0, 0.05) is 30.6 Å². The van der Waals surface area contributed by atoms with Crippen molar-refractivity contribution in [3.8, 4) is 0 Å². The maximum Gasteiger partial charge on any atom is 0.270 e. The first kappa shape index (κ1) is 19.9. The van der Waals surface area contributed by atoms with E-state index >= 15 is 0 Å². The largest absolute Gasteiger partial charge is 0.378 e. The van der Waals surface area contributed by atoms with Crippen molar-refractivity contribution >= 4 is 53.2 Å². The molecule has 2 heterocycles. The Morgan fingerprint density at radius 2 is 2.04 bits per heavy atom. The van der Waals surface area contributed by atoms with Crippen LogP contribution in [0.4, 0.5) is 0 Å². The summed E-state index contributed by atoms with van der Waals surface area (Å²) < 4.78 is 5.33. The number of halogens is 3. The van der Waals surface area contributed by atoms with E-state index in [1.54, 1.807) is 25.3 Å². The van der Waals surface area contributed by atoms with Crippen molar-refractivity contribution in [2.75, 3.05) is 20.2 Å². The van der Waals surface area contributed by atoms with E-state index < -0.39 is 0 Å². The number of nitrogens with zero attached hydrogens (tertiary/aromatic N) is 1. The summed E-state index contributed by atoms with van der Waals surface area (Å²) in [7, 11) is 1.65. The molecule has 2 N–H and O–H groups in total. The minimum absolute atomic E-state index is 0. The number of nitrogens with one attached hydrogen (secondary N) is 2. The molecule has 0 spiro atoms. The van der Waals surface area contributed by atoms with Gasteiger partial charge in [-0.15, -0.1) is 24.8 Å². The lowest BCUT2D eigenvalue weighted by atomic mass is 10.1. The van der Waals surface area contributed by atoms with Crippen molar-refractivity contribution in [3.05, 3.63) is 41.0 Å². The second-order valence-electron chi connectivity index (χ2n) is 5.05. The lowest BCUT2D eigenvalue weighted by Crippen LogP contribution is -2.43. The second kappa shape index (κ2) is 8.66. The van der Waals surface area contributed by atoms with Crippen LogP contribution in [-0.2, 0) is 4.74 Å². The Kier molecular flexibility index (Phi) is 7.51. The first-order chi connectivity index (χ1) is 10.2. The molecule has 1 fully saturated rings. The standard InChI is InChI=1S/C15H16ClN3O2.2ClH/c1-21-14-8-17-7-13(14)19-15(20)11-5-3-9-2-4-10(16)6-12(9)18-11;;/h2-6,13-14,17H,7-8H2,1H3,(H,19,20);2*1H/t13?,14-;;/m0../s1. The van der Waals surface area contributed by atoms with Gasteiger partial charge in [0.2, 0.25) is 0 Å². The molecule has 1 aliphatic heterocycles. The first-order valence-electron chi connectivity index (χ1n) is 6.78. The van der Waals surface area contributed by atoms with Gasteiger partial charge in [0.1, 0.15) is 5.69 Å². The fourth-order valence-corrected chi connectivity index (χ4v) is 2.67. The zero-order valence-electron chi connectivity index (χ0n) is 12.4. The number of fused-ring (bicyclic) bond motifs is 1. The van der Waals surface area contributed by atoms with Crippen molar-refractivity contribution in [1.29, 1.82) is 0 Å². The van der Waals surface area contributed by atoms with Gasteiger partial charge in [-0.2, -0.15) is 0 Å². The number of aromatic nitrogens is 1. The van der Waals surface area contributed by atoms with Gasteiger partial charge in [-0.25, -0.2) is 4.98 Å². The molecule has 2 atom stereocenters. The van der Waals surface area contributed by atoms with Crippen LogP contribution in [0.15, 0.2) is 30.3 Å². The fourth-order valence-electron chi connectivity index (χ4n) is 2.51. The summed E-state index contributed by atoms with van der Waals surface area (Å²) in [4.78, 5) is 16.7. The fraction of sp³-hybridized carbons (Fsp3) is 0.333. The van der Waals surface area contributed by atoms with Gasteiger partial charge in [0.25, 0.3) is 5.91 Å². The highest BCUT2D eigenvalue weighted by Crippen LogP contribution is 2.18. The molecule has 8 heteroatoms. The minimum atomic E-state index is -0.201. The zero-order valence-corrected chi connectivity index (χ0v) is 14.8. The third-order valence-electron chi connectivity index (χ3n) is 3.66. The highest BCUT2D eigenvalue weighted by atomic mass is 35.5. The Labute approximate surface area is 152 Å². The van der Waals surface area contributed by atoms with Gasteiger partial charge in [-0.3, -0.25) is 4.79 Å². The molecular weight excluding hydrogens is 361 g/mol. The third kappa shape index (κ3) is 4.46. The van der Waals surface area contributed by atoms with Crippen LogP contribution >= 0.6 is 36.4 Å². The van der Waals surface area contributed by atoms with Crippen LogP contribution in [0.5, 0.6) is 0 Å². The molecule has 0 aliphatic carbocycles. The number of carbonyl (C=O) groups is 1. The maximum atomic E-state index is 12.3. The number of benzene rings is 1. The molecule has 0 saturated carbocycles. The van der Waals surface area contributed by atoms with Crippen molar-refractivity contribution < 1.29 is 9.53 Å². The summed E-state index contributed by atoms with van der Waals surface area (Å²) in [6.07, 6.45) is -0.0103. The SMILES string of the molecule is CO[C@H]1CNCC1NC(=O)c1ccc2ccc(Cl)cc2n1.Cl.Cl. The number of amides is 1. The van der Waals surface area contributed by atoms with E-state index in [1.807, 2.05) is 12.1 Å². The Morgan fingerprint density at radius 3 is 2.78 bits per heavy atom. The highest BCUT2D eigenvalue weighted by Gasteiger charge is 2.28. The number of ether oxygens (including phenoxy) is 1. The Balaban J connectivity index is 0.00000132. The number of carbonyl (C=O) groups excluding carboxylic acids is 1. The molecule has 126 valence electrons. The number of pyridine rings is 1. The van der Waals surface area contributed by atoms with E-state index in [1.165, 1.54) is 0 Å². The van der Waals surface area contributed by atoms with E-state index in [0.717, 1.165) is 11.9 Å². The van der Waals surface area contributed by atoms with Gasteiger partial charge in [-0.1, -0.05) is 23.7 Å². The van der Waals surface area contributed by atoms with Crippen LogP contribution in [0.25, 0.3) is 10.9 Å². The zero-order chi connectivity index (χ0) is 14.8. The average Bonchev–Trinajstić information content (AvgIpc) is 2.93. The molecule has 1 aromatic carbocycles. The Bertz CT molecular complexity index is 684. The molecule has 1 aromatic heterocycles. The summed E-state index contributed by atoms with van der Waals surface area (Å²) >= 11 is 5.96. The van der Waals surface area contributed by atoms with E-state index in [0.29, 0.717) is 22.8 Å². The van der Waals surface area contributed by atoms with Crippen molar-refractivity contribution in [2.24, 2.45) is 0 Å². The van der Waals surface area contributed by atoms with Crippen LogP contribution < -0.4 is 10.6 Å². The molecule has 2 aromatic rings. The lowest BCUT2D eigenvalue weighted by molar-refractivity contribution is 0.0776. The van der Waals surface area contributed by atoms with Crippen LogP contribution in [0, 0.1) is 0 Å². The quantitative estimate of drug-likeness (QED) is 0.861. The average molecular weight is 379 g/mol. The smallest absolute Gasteiger partial charge is 0.270 e. The molecule has 23 heavy (non-hydrogen) atoms. The van der Waals surface area contributed by atoms with Crippen molar-refractivity contribution in [1.82, 2.24) is 15.6 Å². The van der Waals surface area contributed by atoms with E-state index in [4.69, 9.17) is 16.3 Å². The summed E-state index contributed by atoms with van der Waals surface area (Å²) in [6.45, 7) is 1.44. The number of hydrogen-bond acceptors (Lipinski definition) is 4. The topological polar surface area (TPSA) is 63.2 Å². The van der Waals surface area contributed by atoms with Crippen LogP contribution in [0.2, 0.25) is 5.02 Å². The molecule has 1 amide bonds. The summed E-state index contributed by atoms with van der Waals surface area (Å²) in [5.74, 6) is -0.201. The highest BCUT2D eigenvalue weighted by molar-refractivity contribution is 6.31. The van der Waals surface area contributed by atoms with Crippen molar-refractivity contribution in [2.45, 2.75) is 12.1 Å². The Morgan fingerprint density at radius 1 is 1.30 bits per heavy atom. The van der Waals surface area contributed by atoms with E-state index in [9.17, 15) is 4.79 Å². The predicted octanol–water partition coefficient (Wildman–Crippen LogP) is 2.45. The second-order valence-corrected chi connectivity index (χ2v) is 5.48. The molecule has 5 nitrogen and oxygen atoms in total. The maximum absolute atomic E-state index is 12.3. The van der Waals surface area contributed by atoms with E-state index in [2.05, 4.69) is 15.6 Å². The molecule has 0 bridgehead atoms. The van der Waals surface area contributed by atoms with E-state index in [-0.39, 0.29) is 42.9 Å². The van der Waals surface area contributed by atoms with Gasteiger partial charge in [0.05, 0.1) is 17.7 Å². The van der Waals surface area contributed by atoms with Crippen molar-refractivity contribution in [3.63, 3.8) is 0 Å². The van der Waals surface area contributed by atoms with Gasteiger partial charge in [0.15, 0.2) is 0 Å². The normalized spacial score (nSPS) is 19.7. The Hall–Kier alpha value is -1.11. The molecule has 1 aliphatic rings. The summed E-state index contributed by atoms with van der Waals surface area (Å²) in [5, 5.41) is 7.70. The summed E-state index contributed by atoms with van der Waals surface area (Å²) in [5.41, 5.74) is 1.09. The van der Waals surface area contributed by atoms with Gasteiger partial charge in [-0.05, 0) is 18.2 Å². The summed E-state index contributed by atoms with van der Waals surface area (Å²) in [6, 6.07) is 8.99. The number of rotatable bonds is 3. The monoisotopic (exact) mass is 377 g/mol. The molecular formula is C15H18Cl3N3O2. The molecule has 0 radical (unpaired) electrons. The van der Waals surface area contributed by atoms with Crippen LogP contribution in [0.3, 0.4) is 0 Å². The van der Waals surface area contributed by atoms with Crippen LogP contribution in [-0.4, -0.2) is 43.2 Å². The lowest BCUT2D eigenvalue weighted by Gasteiger charge is -2.18. The molecule has 1 unspecified atom stereocenters. The predicted molar refractivity (Wildman–Crippen MR) is 96.2 cm³/mol. The third-order valence-corrected chi connectivity index (χ3v) is 3.90. The van der Waals surface area contributed by atoms with Crippen LogP contribution in [0.1, 0.15) is 10.5 Å². The van der Waals surface area contributed by atoms with Gasteiger partial charge >= 0.3 is 0 Å². The number of hydrogen-bond donors (Lipinski definition) is 2. The number of methoxy groups -OCH3 is 1.